The number of benzene rings is 2. The fourth-order valence-electron chi connectivity index (χ4n) is 2.93. The third-order valence-electron chi connectivity index (χ3n) is 4.40. The summed E-state index contributed by atoms with van der Waals surface area (Å²) in [4.78, 5) is 48.6. The number of esters is 1. The Kier molecular flexibility index (Phi) is 5.97. The largest absolute Gasteiger partial charge is 0.493 e. The van der Waals surface area contributed by atoms with Crippen molar-refractivity contribution in [2.24, 2.45) is 0 Å². The van der Waals surface area contributed by atoms with Crippen LogP contribution in [-0.2, 0) is 4.79 Å². The van der Waals surface area contributed by atoms with Crippen molar-refractivity contribution in [3.63, 3.8) is 0 Å². The first kappa shape index (κ1) is 21.2. The van der Waals surface area contributed by atoms with Crippen LogP contribution in [0.5, 0.6) is 11.5 Å². The number of amides is 2. The highest BCUT2D eigenvalue weighted by Gasteiger charge is 2.41. The van der Waals surface area contributed by atoms with E-state index < -0.39 is 28.7 Å². The van der Waals surface area contributed by atoms with E-state index in [1.807, 2.05) is 0 Å². The third kappa shape index (κ3) is 3.94. The summed E-state index contributed by atoms with van der Waals surface area (Å²) in [6.45, 7) is 1.39. The van der Waals surface area contributed by atoms with Crippen LogP contribution in [0.25, 0.3) is 6.08 Å². The summed E-state index contributed by atoms with van der Waals surface area (Å²) in [6.07, 6.45) is 2.01. The zero-order chi connectivity index (χ0) is 22.0. The van der Waals surface area contributed by atoms with E-state index in [4.69, 9.17) is 9.47 Å². The Labute approximate surface area is 179 Å². The van der Waals surface area contributed by atoms with E-state index in [1.54, 1.807) is 12.1 Å². The molecule has 9 nitrogen and oxygen atoms in total. The maximum absolute atomic E-state index is 12.7. The summed E-state index contributed by atoms with van der Waals surface area (Å²) in [5.41, 5.74) is 0.884. The lowest BCUT2D eigenvalue weighted by Gasteiger charge is -2.21. The van der Waals surface area contributed by atoms with Crippen LogP contribution in [0, 0.1) is 10.1 Å². The van der Waals surface area contributed by atoms with Gasteiger partial charge in [0.2, 0.25) is 6.20 Å². The number of nitro groups is 1. The minimum absolute atomic E-state index is 0.0178. The van der Waals surface area contributed by atoms with E-state index in [2.05, 4.69) is 15.9 Å². The Morgan fingerprint density at radius 3 is 2.33 bits per heavy atom. The Morgan fingerprint density at radius 2 is 1.80 bits per heavy atom. The molecule has 0 aromatic heterocycles. The van der Waals surface area contributed by atoms with Gasteiger partial charge in [-0.25, -0.2) is 4.79 Å². The molecule has 0 spiro atoms. The first-order valence-electron chi connectivity index (χ1n) is 8.62. The molecule has 0 N–H and O–H groups in total. The van der Waals surface area contributed by atoms with Gasteiger partial charge in [-0.1, -0.05) is 12.1 Å². The van der Waals surface area contributed by atoms with Crippen LogP contribution < -0.4 is 9.47 Å². The van der Waals surface area contributed by atoms with Crippen molar-refractivity contribution in [2.45, 2.75) is 13.0 Å². The van der Waals surface area contributed by atoms with Gasteiger partial charge in [-0.3, -0.25) is 24.6 Å². The molecule has 2 amide bonds. The molecule has 0 aliphatic carbocycles. The molecule has 30 heavy (non-hydrogen) atoms. The second-order valence-electron chi connectivity index (χ2n) is 6.26. The molecular formula is C20H15BrN2O7. The van der Waals surface area contributed by atoms with Gasteiger partial charge in [0.05, 0.1) is 27.6 Å². The zero-order valence-electron chi connectivity index (χ0n) is 15.8. The molecule has 1 atom stereocenters. The maximum Gasteiger partial charge on any atom is 0.334 e. The molecule has 2 aromatic carbocycles. The number of hydrogen-bond donors (Lipinski definition) is 0. The van der Waals surface area contributed by atoms with Gasteiger partial charge in [-0.05, 0) is 52.7 Å². The van der Waals surface area contributed by atoms with Gasteiger partial charge in [0.1, 0.15) is 6.04 Å². The van der Waals surface area contributed by atoms with Crippen molar-refractivity contribution in [1.82, 2.24) is 4.90 Å². The van der Waals surface area contributed by atoms with E-state index in [9.17, 15) is 24.5 Å². The van der Waals surface area contributed by atoms with Gasteiger partial charge in [0.25, 0.3) is 11.8 Å². The fourth-order valence-corrected chi connectivity index (χ4v) is 3.47. The van der Waals surface area contributed by atoms with Crippen molar-refractivity contribution in [1.29, 1.82) is 0 Å². The van der Waals surface area contributed by atoms with Crippen LogP contribution in [0.1, 0.15) is 33.2 Å². The lowest BCUT2D eigenvalue weighted by molar-refractivity contribution is -0.400. The normalized spacial score (nSPS) is 14.0. The smallest absolute Gasteiger partial charge is 0.334 e. The summed E-state index contributed by atoms with van der Waals surface area (Å²) < 4.78 is 10.9. The minimum atomic E-state index is -1.19. The van der Waals surface area contributed by atoms with E-state index >= 15 is 0 Å². The molecule has 1 aliphatic rings. The molecule has 154 valence electrons. The second kappa shape index (κ2) is 8.46. The van der Waals surface area contributed by atoms with Crippen LogP contribution in [0.4, 0.5) is 0 Å². The molecule has 0 radical (unpaired) electrons. The SMILES string of the molecule is COc1cc(/C=C/[N+](=O)[O-])cc(Br)c1OC(=O)C(C)N1C(=O)c2ccccc2C1=O. The second-order valence-corrected chi connectivity index (χ2v) is 7.11. The van der Waals surface area contributed by atoms with Crippen molar-refractivity contribution < 1.29 is 28.8 Å². The highest BCUT2D eigenvalue weighted by molar-refractivity contribution is 9.10. The van der Waals surface area contributed by atoms with Gasteiger partial charge in [-0.15, -0.1) is 0 Å². The average Bonchev–Trinajstić information content (AvgIpc) is 2.98. The van der Waals surface area contributed by atoms with Gasteiger partial charge in [0, 0.05) is 6.08 Å². The van der Waals surface area contributed by atoms with Gasteiger partial charge in [-0.2, -0.15) is 0 Å². The van der Waals surface area contributed by atoms with Crippen molar-refractivity contribution in [3.05, 3.63) is 73.9 Å². The summed E-state index contributed by atoms with van der Waals surface area (Å²) in [5, 5.41) is 10.5. The van der Waals surface area contributed by atoms with E-state index in [0.717, 1.165) is 11.1 Å². The van der Waals surface area contributed by atoms with E-state index in [1.165, 1.54) is 44.4 Å². The number of halogens is 1. The number of nitrogens with zero attached hydrogens (tertiary/aromatic N) is 2. The van der Waals surface area contributed by atoms with Crippen LogP contribution >= 0.6 is 15.9 Å². The molecule has 0 bridgehead atoms. The fraction of sp³-hybridized carbons (Fsp3) is 0.150. The Balaban J connectivity index is 1.85. The third-order valence-corrected chi connectivity index (χ3v) is 4.99. The zero-order valence-corrected chi connectivity index (χ0v) is 17.4. The van der Waals surface area contributed by atoms with Gasteiger partial charge >= 0.3 is 5.97 Å². The maximum atomic E-state index is 12.7. The summed E-state index contributed by atoms with van der Waals surface area (Å²) in [6, 6.07) is 8.05. The van der Waals surface area contributed by atoms with Crippen molar-refractivity contribution in [3.8, 4) is 11.5 Å². The van der Waals surface area contributed by atoms with Crippen molar-refractivity contribution >= 4 is 39.8 Å². The molecule has 10 heteroatoms. The molecule has 2 aromatic rings. The number of carbonyl (C=O) groups excluding carboxylic acids is 3. The number of carbonyl (C=O) groups is 3. The number of hydrogen-bond acceptors (Lipinski definition) is 7. The molecule has 0 fully saturated rings. The number of methoxy groups -OCH3 is 1. The summed E-state index contributed by atoms with van der Waals surface area (Å²) >= 11 is 3.25. The molecular weight excluding hydrogens is 460 g/mol. The lowest BCUT2D eigenvalue weighted by atomic mass is 10.1. The quantitative estimate of drug-likeness (QED) is 0.207. The predicted octanol–water partition coefficient (Wildman–Crippen LogP) is 3.30. The van der Waals surface area contributed by atoms with Gasteiger partial charge < -0.3 is 9.47 Å². The first-order chi connectivity index (χ1) is 14.2. The molecule has 0 saturated heterocycles. The Morgan fingerprint density at radius 1 is 1.20 bits per heavy atom. The summed E-state index contributed by atoms with van der Waals surface area (Å²) in [7, 11) is 1.34. The monoisotopic (exact) mass is 474 g/mol. The predicted molar refractivity (Wildman–Crippen MR) is 109 cm³/mol. The average molecular weight is 475 g/mol. The van der Waals surface area contributed by atoms with Crippen LogP contribution in [0.2, 0.25) is 0 Å². The minimum Gasteiger partial charge on any atom is -0.493 e. The van der Waals surface area contributed by atoms with Crippen LogP contribution in [0.15, 0.2) is 47.1 Å². The lowest BCUT2D eigenvalue weighted by Crippen LogP contribution is -2.44. The number of ether oxygens (including phenoxy) is 2. The highest BCUT2D eigenvalue weighted by atomic mass is 79.9. The van der Waals surface area contributed by atoms with Crippen LogP contribution in [-0.4, -0.2) is 40.8 Å². The Bertz CT molecular complexity index is 1060. The Hall–Kier alpha value is -3.53. The van der Waals surface area contributed by atoms with E-state index in [0.29, 0.717) is 10.0 Å². The first-order valence-corrected chi connectivity index (χ1v) is 9.41. The van der Waals surface area contributed by atoms with Crippen LogP contribution in [0.3, 0.4) is 0 Å². The molecule has 1 heterocycles. The molecule has 3 rings (SSSR count). The van der Waals surface area contributed by atoms with Gasteiger partial charge in [0.15, 0.2) is 11.5 Å². The molecule has 0 saturated carbocycles. The molecule has 1 aliphatic heterocycles. The highest BCUT2D eigenvalue weighted by Crippen LogP contribution is 2.37. The number of fused-ring (bicyclic) bond motifs is 1. The molecule has 1 unspecified atom stereocenters. The summed E-state index contributed by atoms with van der Waals surface area (Å²) in [5.74, 6) is -1.85. The van der Waals surface area contributed by atoms with Crippen molar-refractivity contribution in [2.75, 3.05) is 7.11 Å². The number of imide groups is 1. The topological polar surface area (TPSA) is 116 Å². The number of rotatable bonds is 6. The standard InChI is InChI=1S/C20H15BrN2O7/c1-11(23-18(24)13-5-3-4-6-14(13)19(23)25)20(26)30-17-15(21)9-12(7-8-22(27)28)10-16(17)29-2/h3-11H,1-2H3/b8-7+. The van der Waals surface area contributed by atoms with E-state index in [-0.39, 0.29) is 22.6 Å².